The molecule has 0 amide bonds. The fourth-order valence-corrected chi connectivity index (χ4v) is 2.25. The number of aliphatic hydroxyl groups is 2. The molecule has 0 bridgehead atoms. The van der Waals surface area contributed by atoms with E-state index >= 15 is 0 Å². The second-order valence-corrected chi connectivity index (χ2v) is 4.87. The van der Waals surface area contributed by atoms with Gasteiger partial charge in [-0.25, -0.2) is 0 Å². The number of hydrogen-bond acceptors (Lipinski definition) is 5. The van der Waals surface area contributed by atoms with Crippen molar-refractivity contribution in [1.82, 2.24) is 5.32 Å². The van der Waals surface area contributed by atoms with Gasteiger partial charge in [0.1, 0.15) is 17.6 Å². The van der Waals surface area contributed by atoms with Gasteiger partial charge in [0.05, 0.1) is 19.8 Å². The Morgan fingerprint density at radius 1 is 1.53 bits per heavy atom. The number of rotatable bonds is 6. The van der Waals surface area contributed by atoms with Gasteiger partial charge in [-0.05, 0) is 19.1 Å². The molecular weight excluding hydrogens is 246 g/mol. The van der Waals surface area contributed by atoms with E-state index in [1.807, 2.05) is 19.1 Å². The first-order valence-electron chi connectivity index (χ1n) is 6.50. The maximum atomic E-state index is 9.28. The Hall–Kier alpha value is -1.30. The highest BCUT2D eigenvalue weighted by Crippen LogP contribution is 2.34. The summed E-state index contributed by atoms with van der Waals surface area (Å²) in [6.45, 7) is 2.70. The smallest absolute Gasteiger partial charge is 0.123 e. The van der Waals surface area contributed by atoms with Crippen molar-refractivity contribution in [2.24, 2.45) is 0 Å². The second-order valence-electron chi connectivity index (χ2n) is 4.87. The topological polar surface area (TPSA) is 71.0 Å². The third-order valence-electron chi connectivity index (χ3n) is 3.21. The van der Waals surface area contributed by atoms with Crippen LogP contribution in [0.4, 0.5) is 0 Å². The Balaban J connectivity index is 2.05. The molecule has 19 heavy (non-hydrogen) atoms. The SMILES string of the molecule is COc1cc2c(cc1CNCC(O)CO)OC(C)C2. The zero-order valence-electron chi connectivity index (χ0n) is 11.3. The maximum Gasteiger partial charge on any atom is 0.123 e. The van der Waals surface area contributed by atoms with E-state index in [1.165, 1.54) is 5.56 Å². The molecule has 5 nitrogen and oxygen atoms in total. The van der Waals surface area contributed by atoms with Crippen LogP contribution >= 0.6 is 0 Å². The van der Waals surface area contributed by atoms with Crippen LogP contribution in [0, 0.1) is 0 Å². The van der Waals surface area contributed by atoms with E-state index in [1.54, 1.807) is 7.11 Å². The first-order valence-corrected chi connectivity index (χ1v) is 6.50. The number of hydrogen-bond donors (Lipinski definition) is 3. The summed E-state index contributed by atoms with van der Waals surface area (Å²) in [7, 11) is 1.65. The van der Waals surface area contributed by atoms with Gasteiger partial charge in [0.2, 0.25) is 0 Å². The fourth-order valence-electron chi connectivity index (χ4n) is 2.25. The highest BCUT2D eigenvalue weighted by atomic mass is 16.5. The second kappa shape index (κ2) is 6.23. The van der Waals surface area contributed by atoms with Crippen LogP contribution in [0.1, 0.15) is 18.1 Å². The Bertz CT molecular complexity index is 436. The van der Waals surface area contributed by atoms with Crippen LogP contribution in [0.25, 0.3) is 0 Å². The predicted octanol–water partition coefficient (Wildman–Crippen LogP) is 0.461. The minimum Gasteiger partial charge on any atom is -0.496 e. The van der Waals surface area contributed by atoms with Gasteiger partial charge < -0.3 is 25.0 Å². The van der Waals surface area contributed by atoms with Gasteiger partial charge in [-0.2, -0.15) is 0 Å². The van der Waals surface area contributed by atoms with Crippen molar-refractivity contribution >= 4 is 0 Å². The van der Waals surface area contributed by atoms with Gasteiger partial charge in [0.25, 0.3) is 0 Å². The number of aliphatic hydroxyl groups excluding tert-OH is 2. The Morgan fingerprint density at radius 2 is 2.32 bits per heavy atom. The highest BCUT2D eigenvalue weighted by Gasteiger charge is 2.21. The molecule has 0 aromatic heterocycles. The monoisotopic (exact) mass is 267 g/mol. The molecule has 2 rings (SSSR count). The molecule has 2 atom stereocenters. The van der Waals surface area contributed by atoms with Gasteiger partial charge in [0.15, 0.2) is 0 Å². The molecule has 1 aromatic carbocycles. The van der Waals surface area contributed by atoms with Crippen molar-refractivity contribution in [1.29, 1.82) is 0 Å². The van der Waals surface area contributed by atoms with Crippen LogP contribution < -0.4 is 14.8 Å². The number of benzene rings is 1. The Kier molecular flexibility index (Phi) is 4.63. The van der Waals surface area contributed by atoms with E-state index in [9.17, 15) is 5.11 Å². The first-order chi connectivity index (χ1) is 9.13. The van der Waals surface area contributed by atoms with Gasteiger partial charge in [-0.1, -0.05) is 0 Å². The third-order valence-corrected chi connectivity index (χ3v) is 3.21. The van der Waals surface area contributed by atoms with E-state index in [4.69, 9.17) is 14.6 Å². The van der Waals surface area contributed by atoms with Gasteiger partial charge in [-0.3, -0.25) is 0 Å². The lowest BCUT2D eigenvalue weighted by Crippen LogP contribution is -2.29. The number of ether oxygens (including phenoxy) is 2. The highest BCUT2D eigenvalue weighted by molar-refractivity contribution is 5.48. The van der Waals surface area contributed by atoms with Crippen molar-refractivity contribution in [2.45, 2.75) is 32.1 Å². The molecule has 1 aliphatic rings. The first kappa shape index (κ1) is 14.1. The van der Waals surface area contributed by atoms with E-state index < -0.39 is 6.10 Å². The quantitative estimate of drug-likeness (QED) is 0.698. The zero-order chi connectivity index (χ0) is 13.8. The van der Waals surface area contributed by atoms with Crippen LogP contribution in [0.5, 0.6) is 11.5 Å². The summed E-state index contributed by atoms with van der Waals surface area (Å²) in [4.78, 5) is 0. The lowest BCUT2D eigenvalue weighted by atomic mass is 10.1. The van der Waals surface area contributed by atoms with Crippen LogP contribution in [0.15, 0.2) is 12.1 Å². The summed E-state index contributed by atoms with van der Waals surface area (Å²) in [5.41, 5.74) is 2.16. The molecule has 5 heteroatoms. The van der Waals surface area contributed by atoms with Crippen molar-refractivity contribution < 1.29 is 19.7 Å². The van der Waals surface area contributed by atoms with Crippen LogP contribution in [-0.2, 0) is 13.0 Å². The molecule has 0 fully saturated rings. The number of fused-ring (bicyclic) bond motifs is 1. The lowest BCUT2D eigenvalue weighted by molar-refractivity contribution is 0.0942. The molecule has 106 valence electrons. The van der Waals surface area contributed by atoms with E-state index in [0.29, 0.717) is 13.1 Å². The maximum absolute atomic E-state index is 9.28. The van der Waals surface area contributed by atoms with Gasteiger partial charge in [-0.15, -0.1) is 0 Å². The fraction of sp³-hybridized carbons (Fsp3) is 0.571. The molecule has 0 aliphatic carbocycles. The van der Waals surface area contributed by atoms with Crippen LogP contribution in [0.3, 0.4) is 0 Å². The zero-order valence-corrected chi connectivity index (χ0v) is 11.3. The minimum atomic E-state index is -0.739. The van der Waals surface area contributed by atoms with E-state index in [0.717, 1.165) is 23.5 Å². The molecule has 1 heterocycles. The van der Waals surface area contributed by atoms with Crippen molar-refractivity contribution in [2.75, 3.05) is 20.3 Å². The molecule has 0 saturated carbocycles. The normalized spacial score (nSPS) is 18.8. The standard InChI is InChI=1S/C14H21NO4/c1-9-3-10-4-13(18-2)11(5-14(10)19-9)6-15-7-12(17)8-16/h4-5,9,12,15-17H,3,6-8H2,1-2H3. The van der Waals surface area contributed by atoms with Gasteiger partial charge in [0, 0.05) is 30.6 Å². The van der Waals surface area contributed by atoms with Crippen molar-refractivity contribution in [3.63, 3.8) is 0 Å². The Labute approximate surface area is 113 Å². The molecule has 1 aliphatic heterocycles. The molecule has 0 radical (unpaired) electrons. The molecular formula is C14H21NO4. The summed E-state index contributed by atoms with van der Waals surface area (Å²) in [5.74, 6) is 1.73. The summed E-state index contributed by atoms with van der Waals surface area (Å²) >= 11 is 0. The average molecular weight is 267 g/mol. The van der Waals surface area contributed by atoms with E-state index in [2.05, 4.69) is 5.32 Å². The third kappa shape index (κ3) is 3.37. The van der Waals surface area contributed by atoms with Crippen LogP contribution in [0.2, 0.25) is 0 Å². The molecule has 1 aromatic rings. The molecule has 0 saturated heterocycles. The molecule has 3 N–H and O–H groups in total. The van der Waals surface area contributed by atoms with Crippen molar-refractivity contribution in [3.8, 4) is 11.5 Å². The summed E-state index contributed by atoms with van der Waals surface area (Å²) in [6.07, 6.45) is 0.374. The summed E-state index contributed by atoms with van der Waals surface area (Å²) < 4.78 is 11.1. The predicted molar refractivity (Wildman–Crippen MR) is 71.6 cm³/mol. The van der Waals surface area contributed by atoms with Gasteiger partial charge >= 0.3 is 0 Å². The van der Waals surface area contributed by atoms with E-state index in [-0.39, 0.29) is 12.7 Å². The molecule has 2 unspecified atom stereocenters. The Morgan fingerprint density at radius 3 is 3.00 bits per heavy atom. The lowest BCUT2D eigenvalue weighted by Gasteiger charge is -2.13. The number of nitrogens with one attached hydrogen (secondary N) is 1. The minimum absolute atomic E-state index is 0.208. The van der Waals surface area contributed by atoms with Crippen LogP contribution in [-0.4, -0.2) is 42.7 Å². The summed E-state index contributed by atoms with van der Waals surface area (Å²) in [6, 6.07) is 3.99. The average Bonchev–Trinajstić information content (AvgIpc) is 2.76. The molecule has 0 spiro atoms. The largest absolute Gasteiger partial charge is 0.496 e. The summed E-state index contributed by atoms with van der Waals surface area (Å²) in [5, 5.41) is 21.1. The van der Waals surface area contributed by atoms with Crippen molar-refractivity contribution in [3.05, 3.63) is 23.3 Å². The number of methoxy groups -OCH3 is 1.